The Labute approximate surface area is 147 Å². The third-order valence-electron chi connectivity index (χ3n) is 4.25. The SMILES string of the molecule is CN1CCN(c2ccc(N)c(C(=O)Nc3ccc(Cl)cc3)c2)CC1. The van der Waals surface area contributed by atoms with Crippen molar-refractivity contribution in [3.05, 3.63) is 53.1 Å². The number of nitrogens with two attached hydrogens (primary N) is 1. The lowest BCUT2D eigenvalue weighted by Gasteiger charge is -2.34. The first kappa shape index (κ1) is 16.6. The second-order valence-electron chi connectivity index (χ2n) is 6.02. The van der Waals surface area contributed by atoms with E-state index in [1.54, 1.807) is 30.3 Å². The van der Waals surface area contributed by atoms with E-state index in [9.17, 15) is 4.79 Å². The summed E-state index contributed by atoms with van der Waals surface area (Å²) in [4.78, 5) is 17.1. The van der Waals surface area contributed by atoms with Crippen LogP contribution < -0.4 is 16.0 Å². The minimum Gasteiger partial charge on any atom is -0.398 e. The molecule has 0 aliphatic carbocycles. The maximum absolute atomic E-state index is 12.6. The Bertz CT molecular complexity index is 724. The predicted molar refractivity (Wildman–Crippen MR) is 100.0 cm³/mol. The highest BCUT2D eigenvalue weighted by atomic mass is 35.5. The Balaban J connectivity index is 1.78. The van der Waals surface area contributed by atoms with Crippen LogP contribution in [0.4, 0.5) is 17.1 Å². The second kappa shape index (κ2) is 7.11. The van der Waals surface area contributed by atoms with Crippen molar-refractivity contribution in [2.75, 3.05) is 49.2 Å². The molecule has 1 fully saturated rings. The molecule has 0 spiro atoms. The first-order chi connectivity index (χ1) is 11.5. The molecule has 0 aromatic heterocycles. The number of anilines is 3. The molecule has 0 radical (unpaired) electrons. The second-order valence-corrected chi connectivity index (χ2v) is 6.46. The summed E-state index contributed by atoms with van der Waals surface area (Å²) in [5, 5.41) is 3.49. The van der Waals surface area contributed by atoms with Gasteiger partial charge in [0.15, 0.2) is 0 Å². The highest BCUT2D eigenvalue weighted by Gasteiger charge is 2.17. The monoisotopic (exact) mass is 344 g/mol. The lowest BCUT2D eigenvalue weighted by atomic mass is 10.1. The molecule has 1 amide bonds. The number of hydrogen-bond donors (Lipinski definition) is 2. The molecule has 0 bridgehead atoms. The van der Waals surface area contributed by atoms with Gasteiger partial charge in [-0.25, -0.2) is 0 Å². The summed E-state index contributed by atoms with van der Waals surface area (Å²) in [5.41, 5.74) is 8.69. The zero-order chi connectivity index (χ0) is 17.1. The number of hydrogen-bond acceptors (Lipinski definition) is 4. The lowest BCUT2D eigenvalue weighted by molar-refractivity contribution is 0.102. The van der Waals surface area contributed by atoms with Crippen LogP contribution in [-0.2, 0) is 0 Å². The van der Waals surface area contributed by atoms with Gasteiger partial charge in [-0.3, -0.25) is 4.79 Å². The Hall–Kier alpha value is -2.24. The number of amides is 1. The fraction of sp³-hybridized carbons (Fsp3) is 0.278. The van der Waals surface area contributed by atoms with Crippen LogP contribution in [-0.4, -0.2) is 44.0 Å². The van der Waals surface area contributed by atoms with Crippen LogP contribution in [0, 0.1) is 0 Å². The largest absolute Gasteiger partial charge is 0.398 e. The number of piperazine rings is 1. The summed E-state index contributed by atoms with van der Waals surface area (Å²) in [6.07, 6.45) is 0. The number of nitrogens with zero attached hydrogens (tertiary/aromatic N) is 2. The molecule has 1 heterocycles. The van der Waals surface area contributed by atoms with Gasteiger partial charge >= 0.3 is 0 Å². The summed E-state index contributed by atoms with van der Waals surface area (Å²) in [7, 11) is 2.12. The van der Waals surface area contributed by atoms with E-state index in [1.165, 1.54) is 0 Å². The third-order valence-corrected chi connectivity index (χ3v) is 4.50. The van der Waals surface area contributed by atoms with Crippen molar-refractivity contribution in [3.63, 3.8) is 0 Å². The summed E-state index contributed by atoms with van der Waals surface area (Å²) >= 11 is 5.87. The van der Waals surface area contributed by atoms with Crippen molar-refractivity contribution in [2.24, 2.45) is 0 Å². The van der Waals surface area contributed by atoms with E-state index in [0.29, 0.717) is 22.0 Å². The molecule has 0 unspecified atom stereocenters. The van der Waals surface area contributed by atoms with E-state index < -0.39 is 0 Å². The average molecular weight is 345 g/mol. The van der Waals surface area contributed by atoms with Crippen molar-refractivity contribution in [1.29, 1.82) is 0 Å². The normalized spacial score (nSPS) is 15.3. The zero-order valence-electron chi connectivity index (χ0n) is 13.6. The Morgan fingerprint density at radius 3 is 2.42 bits per heavy atom. The lowest BCUT2D eigenvalue weighted by Crippen LogP contribution is -2.44. The smallest absolute Gasteiger partial charge is 0.257 e. The van der Waals surface area contributed by atoms with Crippen molar-refractivity contribution in [1.82, 2.24) is 4.90 Å². The van der Waals surface area contributed by atoms with Crippen LogP contribution in [0.25, 0.3) is 0 Å². The number of rotatable bonds is 3. The zero-order valence-corrected chi connectivity index (χ0v) is 14.4. The van der Waals surface area contributed by atoms with Gasteiger partial charge in [-0.1, -0.05) is 11.6 Å². The van der Waals surface area contributed by atoms with E-state index in [1.807, 2.05) is 12.1 Å². The summed E-state index contributed by atoms with van der Waals surface area (Å²) in [6.45, 7) is 3.91. The van der Waals surface area contributed by atoms with E-state index in [4.69, 9.17) is 17.3 Å². The minimum atomic E-state index is -0.217. The van der Waals surface area contributed by atoms with Gasteiger partial charge in [0.25, 0.3) is 5.91 Å². The Morgan fingerprint density at radius 2 is 1.75 bits per heavy atom. The topological polar surface area (TPSA) is 61.6 Å². The van der Waals surface area contributed by atoms with E-state index >= 15 is 0 Å². The van der Waals surface area contributed by atoms with Gasteiger partial charge in [0, 0.05) is 48.3 Å². The summed E-state index contributed by atoms with van der Waals surface area (Å²) < 4.78 is 0. The first-order valence-electron chi connectivity index (χ1n) is 7.93. The Kier molecular flexibility index (Phi) is 4.92. The summed E-state index contributed by atoms with van der Waals surface area (Å²) in [6, 6.07) is 12.6. The number of likely N-dealkylation sites (N-methyl/N-ethyl adjacent to an activating group) is 1. The molecule has 2 aromatic rings. The van der Waals surface area contributed by atoms with Crippen LogP contribution in [0.1, 0.15) is 10.4 Å². The molecule has 24 heavy (non-hydrogen) atoms. The average Bonchev–Trinajstić information content (AvgIpc) is 2.58. The maximum Gasteiger partial charge on any atom is 0.257 e. The molecule has 1 aliphatic rings. The van der Waals surface area contributed by atoms with E-state index in [2.05, 4.69) is 22.2 Å². The molecule has 5 nitrogen and oxygen atoms in total. The van der Waals surface area contributed by atoms with E-state index in [0.717, 1.165) is 31.9 Å². The molecule has 126 valence electrons. The van der Waals surface area contributed by atoms with Crippen molar-refractivity contribution < 1.29 is 4.79 Å². The van der Waals surface area contributed by atoms with Gasteiger partial charge < -0.3 is 20.9 Å². The van der Waals surface area contributed by atoms with Gasteiger partial charge in [0.1, 0.15) is 0 Å². The number of nitrogen functional groups attached to an aromatic ring is 1. The molecule has 1 saturated heterocycles. The maximum atomic E-state index is 12.6. The number of carbonyl (C=O) groups is 1. The van der Waals surface area contributed by atoms with Gasteiger partial charge in [-0.2, -0.15) is 0 Å². The van der Waals surface area contributed by atoms with Crippen molar-refractivity contribution in [2.45, 2.75) is 0 Å². The van der Waals surface area contributed by atoms with Crippen LogP contribution in [0.3, 0.4) is 0 Å². The number of carbonyl (C=O) groups excluding carboxylic acids is 1. The van der Waals surface area contributed by atoms with Gasteiger partial charge in [0.05, 0.1) is 5.56 Å². The Morgan fingerprint density at radius 1 is 1.08 bits per heavy atom. The summed E-state index contributed by atoms with van der Waals surface area (Å²) in [5.74, 6) is -0.217. The van der Waals surface area contributed by atoms with Crippen LogP contribution in [0.5, 0.6) is 0 Å². The molecule has 6 heteroatoms. The standard InChI is InChI=1S/C18H21ClN4O/c1-22-8-10-23(11-9-22)15-6-7-17(20)16(12-15)18(24)21-14-4-2-13(19)3-5-14/h2-7,12H,8-11,20H2,1H3,(H,21,24). The van der Waals surface area contributed by atoms with Crippen molar-refractivity contribution >= 4 is 34.6 Å². The number of halogens is 1. The van der Waals surface area contributed by atoms with Gasteiger partial charge in [-0.05, 0) is 49.5 Å². The van der Waals surface area contributed by atoms with Crippen LogP contribution in [0.2, 0.25) is 5.02 Å². The molecule has 0 saturated carbocycles. The van der Waals surface area contributed by atoms with Gasteiger partial charge in [-0.15, -0.1) is 0 Å². The molecule has 0 atom stereocenters. The quantitative estimate of drug-likeness (QED) is 0.840. The van der Waals surface area contributed by atoms with Crippen molar-refractivity contribution in [3.8, 4) is 0 Å². The number of benzene rings is 2. The minimum absolute atomic E-state index is 0.217. The first-order valence-corrected chi connectivity index (χ1v) is 8.30. The fourth-order valence-corrected chi connectivity index (χ4v) is 2.86. The fourth-order valence-electron chi connectivity index (χ4n) is 2.73. The molecular weight excluding hydrogens is 324 g/mol. The van der Waals surface area contributed by atoms with Gasteiger partial charge in [0.2, 0.25) is 0 Å². The molecule has 1 aliphatic heterocycles. The van der Waals surface area contributed by atoms with Crippen LogP contribution in [0.15, 0.2) is 42.5 Å². The molecule has 3 N–H and O–H groups in total. The highest BCUT2D eigenvalue weighted by Crippen LogP contribution is 2.24. The predicted octanol–water partition coefficient (Wildman–Crippen LogP) is 2.93. The molecule has 3 rings (SSSR count). The van der Waals surface area contributed by atoms with Crippen LogP contribution >= 0.6 is 11.6 Å². The third kappa shape index (κ3) is 3.80. The van der Waals surface area contributed by atoms with E-state index in [-0.39, 0.29) is 5.91 Å². The highest BCUT2D eigenvalue weighted by molar-refractivity contribution is 6.30. The molecular formula is C18H21ClN4O. The molecule has 2 aromatic carbocycles. The number of nitrogens with one attached hydrogen (secondary N) is 1.